The summed E-state index contributed by atoms with van der Waals surface area (Å²) >= 11 is 0. The summed E-state index contributed by atoms with van der Waals surface area (Å²) in [6, 6.07) is 10.4. The van der Waals surface area contributed by atoms with E-state index in [4.69, 9.17) is 5.73 Å². The Kier molecular flexibility index (Phi) is 3.36. The number of hydrogen-bond acceptors (Lipinski definition) is 3. The van der Waals surface area contributed by atoms with Crippen LogP contribution in [0.25, 0.3) is 0 Å². The largest absolute Gasteiger partial charge is 0.392 e. The van der Waals surface area contributed by atoms with Crippen LogP contribution in [0.1, 0.15) is 12.0 Å². The summed E-state index contributed by atoms with van der Waals surface area (Å²) in [5, 5.41) is 9.61. The summed E-state index contributed by atoms with van der Waals surface area (Å²) < 4.78 is 0. The average molecular weight is 206 g/mol. The lowest BCUT2D eigenvalue weighted by Gasteiger charge is -2.33. The molecule has 0 aromatic heterocycles. The zero-order valence-electron chi connectivity index (χ0n) is 8.84. The molecule has 1 fully saturated rings. The van der Waals surface area contributed by atoms with E-state index in [1.807, 2.05) is 18.2 Å². The number of rotatable bonds is 2. The molecule has 82 valence electrons. The van der Waals surface area contributed by atoms with E-state index in [-0.39, 0.29) is 12.1 Å². The topological polar surface area (TPSA) is 49.5 Å². The Labute approximate surface area is 90.5 Å². The summed E-state index contributed by atoms with van der Waals surface area (Å²) in [5.74, 6) is 0. The molecule has 3 N–H and O–H groups in total. The molecule has 1 saturated heterocycles. The first kappa shape index (κ1) is 10.6. The summed E-state index contributed by atoms with van der Waals surface area (Å²) in [6.45, 7) is 2.50. The highest BCUT2D eigenvalue weighted by Gasteiger charge is 2.22. The summed E-state index contributed by atoms with van der Waals surface area (Å²) in [7, 11) is 0. The lowest BCUT2D eigenvalue weighted by Crippen LogP contribution is -2.48. The Balaban J connectivity index is 1.94. The van der Waals surface area contributed by atoms with Crippen LogP contribution >= 0.6 is 0 Å². The smallest absolute Gasteiger partial charge is 0.0682 e. The molecule has 0 spiro atoms. The lowest BCUT2D eigenvalue weighted by atomic mass is 10.0. The van der Waals surface area contributed by atoms with Gasteiger partial charge in [0.1, 0.15) is 0 Å². The third kappa shape index (κ3) is 3.02. The van der Waals surface area contributed by atoms with Crippen molar-refractivity contribution in [1.29, 1.82) is 0 Å². The molecule has 1 aliphatic rings. The Hall–Kier alpha value is -0.900. The van der Waals surface area contributed by atoms with E-state index >= 15 is 0 Å². The SMILES string of the molecule is NC1CC(O)CN(Cc2ccccc2)C1. The number of aliphatic hydroxyl groups excluding tert-OH is 1. The molecule has 1 heterocycles. The molecule has 1 aliphatic heterocycles. The second-order valence-corrected chi connectivity index (χ2v) is 4.33. The molecule has 2 unspecified atom stereocenters. The number of nitrogens with two attached hydrogens (primary N) is 1. The Morgan fingerprint density at radius 2 is 2.00 bits per heavy atom. The van der Waals surface area contributed by atoms with E-state index in [0.29, 0.717) is 0 Å². The highest BCUT2D eigenvalue weighted by Crippen LogP contribution is 2.12. The molecule has 0 bridgehead atoms. The maximum atomic E-state index is 9.61. The van der Waals surface area contributed by atoms with Gasteiger partial charge in [-0.25, -0.2) is 0 Å². The van der Waals surface area contributed by atoms with Gasteiger partial charge < -0.3 is 10.8 Å². The summed E-state index contributed by atoms with van der Waals surface area (Å²) in [6.07, 6.45) is 0.461. The highest BCUT2D eigenvalue weighted by molar-refractivity contribution is 5.14. The number of β-amino-alcohol motifs (C(OH)–C–C–N with tert-alkyl or cyclic N) is 1. The van der Waals surface area contributed by atoms with Crippen molar-refractivity contribution < 1.29 is 5.11 Å². The molecule has 2 atom stereocenters. The predicted octanol–water partition coefficient (Wildman–Crippen LogP) is 0.580. The van der Waals surface area contributed by atoms with Gasteiger partial charge in [0.2, 0.25) is 0 Å². The minimum atomic E-state index is -0.266. The van der Waals surface area contributed by atoms with Crippen molar-refractivity contribution in [2.45, 2.75) is 25.1 Å². The van der Waals surface area contributed by atoms with Crippen LogP contribution in [0, 0.1) is 0 Å². The number of aliphatic hydroxyl groups is 1. The molecule has 2 rings (SSSR count). The van der Waals surface area contributed by atoms with E-state index in [1.54, 1.807) is 0 Å². The molecular weight excluding hydrogens is 188 g/mol. The molecule has 0 saturated carbocycles. The number of nitrogens with zero attached hydrogens (tertiary/aromatic N) is 1. The molecular formula is C12H18N2O. The minimum Gasteiger partial charge on any atom is -0.392 e. The van der Waals surface area contributed by atoms with Gasteiger partial charge in [-0.1, -0.05) is 30.3 Å². The lowest BCUT2D eigenvalue weighted by molar-refractivity contribution is 0.0565. The summed E-state index contributed by atoms with van der Waals surface area (Å²) in [5.41, 5.74) is 7.14. The van der Waals surface area contributed by atoms with Crippen molar-refractivity contribution in [3.8, 4) is 0 Å². The van der Waals surface area contributed by atoms with E-state index < -0.39 is 0 Å². The summed E-state index contributed by atoms with van der Waals surface area (Å²) in [4.78, 5) is 2.22. The zero-order valence-corrected chi connectivity index (χ0v) is 8.84. The van der Waals surface area contributed by atoms with Crippen molar-refractivity contribution in [3.63, 3.8) is 0 Å². The molecule has 0 amide bonds. The second-order valence-electron chi connectivity index (χ2n) is 4.33. The standard InChI is InChI=1S/C12H18N2O/c13-11-6-12(15)9-14(8-11)7-10-4-2-1-3-5-10/h1-5,11-12,15H,6-9,13H2. The Morgan fingerprint density at radius 1 is 1.27 bits per heavy atom. The van der Waals surface area contributed by atoms with Gasteiger partial charge in [0.15, 0.2) is 0 Å². The van der Waals surface area contributed by atoms with Crippen LogP contribution in [-0.4, -0.2) is 35.2 Å². The fraction of sp³-hybridized carbons (Fsp3) is 0.500. The quantitative estimate of drug-likeness (QED) is 0.744. The van der Waals surface area contributed by atoms with Crippen molar-refractivity contribution in [1.82, 2.24) is 4.90 Å². The van der Waals surface area contributed by atoms with Gasteiger partial charge in [0, 0.05) is 25.7 Å². The second kappa shape index (κ2) is 4.75. The van der Waals surface area contributed by atoms with Crippen LogP contribution in [0.4, 0.5) is 0 Å². The highest BCUT2D eigenvalue weighted by atomic mass is 16.3. The first-order chi connectivity index (χ1) is 7.24. The fourth-order valence-corrected chi connectivity index (χ4v) is 2.17. The van der Waals surface area contributed by atoms with Crippen LogP contribution < -0.4 is 5.73 Å². The van der Waals surface area contributed by atoms with Gasteiger partial charge in [-0.05, 0) is 12.0 Å². The zero-order chi connectivity index (χ0) is 10.7. The van der Waals surface area contributed by atoms with Crippen LogP contribution in [0.3, 0.4) is 0 Å². The van der Waals surface area contributed by atoms with Gasteiger partial charge in [-0.15, -0.1) is 0 Å². The first-order valence-electron chi connectivity index (χ1n) is 5.44. The van der Waals surface area contributed by atoms with E-state index in [1.165, 1.54) is 5.56 Å². The average Bonchev–Trinajstić information content (AvgIpc) is 2.17. The van der Waals surface area contributed by atoms with Crippen LogP contribution in [0.2, 0.25) is 0 Å². The third-order valence-electron chi connectivity index (χ3n) is 2.79. The fourth-order valence-electron chi connectivity index (χ4n) is 2.17. The van der Waals surface area contributed by atoms with Gasteiger partial charge in [0.05, 0.1) is 6.10 Å². The van der Waals surface area contributed by atoms with Crippen LogP contribution in [0.5, 0.6) is 0 Å². The van der Waals surface area contributed by atoms with Gasteiger partial charge in [-0.2, -0.15) is 0 Å². The number of likely N-dealkylation sites (tertiary alicyclic amines) is 1. The van der Waals surface area contributed by atoms with E-state index in [2.05, 4.69) is 17.0 Å². The van der Waals surface area contributed by atoms with Gasteiger partial charge in [-0.3, -0.25) is 4.90 Å². The van der Waals surface area contributed by atoms with Gasteiger partial charge in [0.25, 0.3) is 0 Å². The molecule has 1 aromatic rings. The molecule has 3 nitrogen and oxygen atoms in total. The van der Waals surface area contributed by atoms with Crippen molar-refractivity contribution in [2.75, 3.05) is 13.1 Å². The molecule has 0 aliphatic carbocycles. The third-order valence-corrected chi connectivity index (χ3v) is 2.79. The maximum absolute atomic E-state index is 9.61. The van der Waals surface area contributed by atoms with Crippen molar-refractivity contribution in [2.24, 2.45) is 5.73 Å². The first-order valence-corrected chi connectivity index (χ1v) is 5.44. The Morgan fingerprint density at radius 3 is 2.67 bits per heavy atom. The molecule has 3 heteroatoms. The van der Waals surface area contributed by atoms with Crippen molar-refractivity contribution >= 4 is 0 Å². The van der Waals surface area contributed by atoms with E-state index in [9.17, 15) is 5.11 Å². The van der Waals surface area contributed by atoms with E-state index in [0.717, 1.165) is 26.1 Å². The normalized spacial score (nSPS) is 27.9. The monoisotopic (exact) mass is 206 g/mol. The van der Waals surface area contributed by atoms with Crippen LogP contribution in [0.15, 0.2) is 30.3 Å². The number of hydrogen-bond donors (Lipinski definition) is 2. The molecule has 0 radical (unpaired) electrons. The molecule has 1 aromatic carbocycles. The number of piperidine rings is 1. The number of benzene rings is 1. The minimum absolute atomic E-state index is 0.109. The van der Waals surface area contributed by atoms with Gasteiger partial charge >= 0.3 is 0 Å². The maximum Gasteiger partial charge on any atom is 0.0682 e. The predicted molar refractivity (Wildman–Crippen MR) is 60.3 cm³/mol. The van der Waals surface area contributed by atoms with Crippen molar-refractivity contribution in [3.05, 3.63) is 35.9 Å². The Bertz CT molecular complexity index is 292. The molecule has 15 heavy (non-hydrogen) atoms. The van der Waals surface area contributed by atoms with Crippen LogP contribution in [-0.2, 0) is 6.54 Å².